The van der Waals surface area contributed by atoms with E-state index in [0.717, 1.165) is 18.2 Å². The Morgan fingerprint density at radius 1 is 1.29 bits per heavy atom. The lowest BCUT2D eigenvalue weighted by molar-refractivity contribution is -0.195. The van der Waals surface area contributed by atoms with E-state index in [1.165, 1.54) is 0 Å². The molecule has 0 aliphatic heterocycles. The van der Waals surface area contributed by atoms with Crippen LogP contribution in [0.2, 0.25) is 0 Å². The second kappa shape index (κ2) is 3.72. The van der Waals surface area contributed by atoms with E-state index in [9.17, 15) is 13.2 Å². The number of rotatable bonds is 1. The van der Waals surface area contributed by atoms with Crippen molar-refractivity contribution >= 4 is 0 Å². The van der Waals surface area contributed by atoms with Crippen LogP contribution in [0.1, 0.15) is 0 Å². The molecule has 3 N–H and O–H groups in total. The van der Waals surface area contributed by atoms with Gasteiger partial charge in [-0.25, -0.2) is 0 Å². The summed E-state index contributed by atoms with van der Waals surface area (Å²) in [5, 5.41) is 26.9. The van der Waals surface area contributed by atoms with Crippen molar-refractivity contribution in [2.45, 2.75) is 24.5 Å². The minimum atomic E-state index is -4.84. The molecule has 6 heteroatoms. The first kappa shape index (κ1) is 11.2. The number of alkyl halides is 3. The molecular formula is C8H9F3O3. The van der Waals surface area contributed by atoms with Gasteiger partial charge in [0.25, 0.3) is 0 Å². The Hall–Kier alpha value is -0.850. The van der Waals surface area contributed by atoms with Crippen LogP contribution in [0.4, 0.5) is 13.2 Å². The largest absolute Gasteiger partial charge is 0.418 e. The number of hydrogen-bond donors (Lipinski definition) is 3. The summed E-state index contributed by atoms with van der Waals surface area (Å²) in [6.07, 6.45) is -7.47. The molecular weight excluding hydrogens is 201 g/mol. The third-order valence-corrected chi connectivity index (χ3v) is 1.89. The number of aliphatic hydroxyl groups is 3. The molecule has 80 valence electrons. The van der Waals surface area contributed by atoms with E-state index in [-0.39, 0.29) is 0 Å². The normalized spacial score (nSPS) is 30.0. The number of halogens is 3. The van der Waals surface area contributed by atoms with Gasteiger partial charge in [-0.2, -0.15) is 13.2 Å². The van der Waals surface area contributed by atoms with Crippen molar-refractivity contribution in [2.75, 3.05) is 0 Å². The maximum absolute atomic E-state index is 12.0. The van der Waals surface area contributed by atoms with Crippen LogP contribution in [0.15, 0.2) is 23.8 Å². The highest BCUT2D eigenvalue weighted by molar-refractivity contribution is 5.29. The summed E-state index contributed by atoms with van der Waals surface area (Å²) < 4.78 is 36.1. The van der Waals surface area contributed by atoms with Crippen LogP contribution in [0.5, 0.6) is 0 Å². The molecule has 0 aromatic carbocycles. The quantitative estimate of drug-likeness (QED) is 0.576. The highest BCUT2D eigenvalue weighted by Crippen LogP contribution is 2.29. The molecule has 0 aromatic heterocycles. The number of hydrogen-bond acceptors (Lipinski definition) is 3. The zero-order valence-electron chi connectivity index (χ0n) is 6.94. The van der Waals surface area contributed by atoms with Gasteiger partial charge in [-0.3, -0.25) is 0 Å². The van der Waals surface area contributed by atoms with E-state index in [1.807, 2.05) is 0 Å². The topological polar surface area (TPSA) is 60.7 Å². The van der Waals surface area contributed by atoms with Crippen molar-refractivity contribution in [3.8, 4) is 0 Å². The summed E-state index contributed by atoms with van der Waals surface area (Å²) in [6.45, 7) is 0. The third kappa shape index (κ3) is 2.14. The molecule has 1 aliphatic carbocycles. The van der Waals surface area contributed by atoms with Crippen LogP contribution in [-0.4, -0.2) is 39.8 Å². The van der Waals surface area contributed by atoms with Gasteiger partial charge in [-0.1, -0.05) is 18.2 Å². The van der Waals surface area contributed by atoms with E-state index < -0.39 is 30.1 Å². The van der Waals surface area contributed by atoms with E-state index >= 15 is 0 Å². The van der Waals surface area contributed by atoms with Gasteiger partial charge in [0.15, 0.2) is 6.10 Å². The average Bonchev–Trinajstić information content (AvgIpc) is 2.07. The van der Waals surface area contributed by atoms with Gasteiger partial charge in [-0.05, 0) is 5.57 Å². The lowest BCUT2D eigenvalue weighted by Gasteiger charge is -2.26. The lowest BCUT2D eigenvalue weighted by Crippen LogP contribution is -2.40. The molecule has 0 saturated carbocycles. The molecule has 0 unspecified atom stereocenters. The standard InChI is InChI=1S/C8H9F3O3/c9-8(10,11)7(14)4-2-1-3-5(12)6(4)13/h1-3,5-7,12-14H/t5-,6+,7+/m0/s1. The minimum absolute atomic E-state index is 0.646. The highest BCUT2D eigenvalue weighted by atomic mass is 19.4. The van der Waals surface area contributed by atoms with Crippen molar-refractivity contribution in [2.24, 2.45) is 0 Å². The van der Waals surface area contributed by atoms with E-state index in [4.69, 9.17) is 15.3 Å². The molecule has 0 saturated heterocycles. The van der Waals surface area contributed by atoms with Crippen LogP contribution in [0.25, 0.3) is 0 Å². The summed E-state index contributed by atoms with van der Waals surface area (Å²) in [4.78, 5) is 0. The highest BCUT2D eigenvalue weighted by Gasteiger charge is 2.43. The Kier molecular flexibility index (Phi) is 2.98. The van der Waals surface area contributed by atoms with Crippen LogP contribution in [0.3, 0.4) is 0 Å². The fourth-order valence-electron chi connectivity index (χ4n) is 1.12. The van der Waals surface area contributed by atoms with Crippen LogP contribution in [-0.2, 0) is 0 Å². The zero-order valence-corrected chi connectivity index (χ0v) is 6.94. The molecule has 3 nitrogen and oxygen atoms in total. The summed E-state index contributed by atoms with van der Waals surface area (Å²) in [5.41, 5.74) is -0.646. The summed E-state index contributed by atoms with van der Waals surface area (Å²) in [7, 11) is 0. The number of aliphatic hydroxyl groups excluding tert-OH is 3. The van der Waals surface area contributed by atoms with E-state index in [0.29, 0.717) is 0 Å². The molecule has 0 heterocycles. The first-order valence-corrected chi connectivity index (χ1v) is 3.83. The summed E-state index contributed by atoms with van der Waals surface area (Å²) in [5.74, 6) is 0. The Labute approximate surface area is 77.8 Å². The average molecular weight is 210 g/mol. The molecule has 0 radical (unpaired) electrons. The Bertz CT molecular complexity index is 269. The second-order valence-electron chi connectivity index (χ2n) is 2.93. The maximum Gasteiger partial charge on any atom is 0.418 e. The van der Waals surface area contributed by atoms with Crippen molar-refractivity contribution in [3.63, 3.8) is 0 Å². The fraction of sp³-hybridized carbons (Fsp3) is 0.500. The van der Waals surface area contributed by atoms with Gasteiger partial charge in [0.05, 0.1) is 0 Å². The monoisotopic (exact) mass is 210 g/mol. The van der Waals surface area contributed by atoms with Gasteiger partial charge in [-0.15, -0.1) is 0 Å². The number of allylic oxidation sites excluding steroid dienone is 2. The van der Waals surface area contributed by atoms with Gasteiger partial charge in [0.1, 0.15) is 12.2 Å². The van der Waals surface area contributed by atoms with Gasteiger partial charge >= 0.3 is 6.18 Å². The molecule has 1 aliphatic rings. The molecule has 14 heavy (non-hydrogen) atoms. The van der Waals surface area contributed by atoms with Crippen molar-refractivity contribution in [3.05, 3.63) is 23.8 Å². The molecule has 0 aromatic rings. The van der Waals surface area contributed by atoms with Gasteiger partial charge in [0.2, 0.25) is 0 Å². The summed E-state index contributed by atoms with van der Waals surface area (Å²) in [6, 6.07) is 0. The van der Waals surface area contributed by atoms with Crippen LogP contribution in [0, 0.1) is 0 Å². The Morgan fingerprint density at radius 2 is 1.86 bits per heavy atom. The minimum Gasteiger partial charge on any atom is -0.386 e. The van der Waals surface area contributed by atoms with Gasteiger partial charge in [0, 0.05) is 0 Å². The van der Waals surface area contributed by atoms with Crippen molar-refractivity contribution in [1.82, 2.24) is 0 Å². The lowest BCUT2D eigenvalue weighted by atomic mass is 9.94. The third-order valence-electron chi connectivity index (χ3n) is 1.89. The molecule has 0 amide bonds. The predicted molar refractivity (Wildman–Crippen MR) is 41.3 cm³/mol. The Balaban J connectivity index is 2.88. The second-order valence-corrected chi connectivity index (χ2v) is 2.93. The maximum atomic E-state index is 12.0. The Morgan fingerprint density at radius 3 is 2.36 bits per heavy atom. The first-order chi connectivity index (χ1) is 6.34. The van der Waals surface area contributed by atoms with Crippen LogP contribution < -0.4 is 0 Å². The first-order valence-electron chi connectivity index (χ1n) is 3.83. The van der Waals surface area contributed by atoms with E-state index in [2.05, 4.69) is 0 Å². The molecule has 0 spiro atoms. The summed E-state index contributed by atoms with van der Waals surface area (Å²) >= 11 is 0. The molecule has 1 rings (SSSR count). The van der Waals surface area contributed by atoms with Crippen molar-refractivity contribution < 1.29 is 28.5 Å². The van der Waals surface area contributed by atoms with Gasteiger partial charge < -0.3 is 15.3 Å². The molecule has 0 fully saturated rings. The fourth-order valence-corrected chi connectivity index (χ4v) is 1.12. The zero-order chi connectivity index (χ0) is 10.9. The predicted octanol–water partition coefficient (Wildman–Crippen LogP) is 0.128. The van der Waals surface area contributed by atoms with E-state index in [1.54, 1.807) is 0 Å². The smallest absolute Gasteiger partial charge is 0.386 e. The molecule has 0 bridgehead atoms. The van der Waals surface area contributed by atoms with Crippen molar-refractivity contribution in [1.29, 1.82) is 0 Å². The SMILES string of the molecule is O[C@@H]1C([C@@H](O)C(F)(F)F)=CC=C[C@@H]1O. The molecule has 3 atom stereocenters. The van der Waals surface area contributed by atoms with Crippen LogP contribution >= 0.6 is 0 Å².